The molecule has 0 spiro atoms. The van der Waals surface area contributed by atoms with Crippen molar-refractivity contribution in [3.05, 3.63) is 47.8 Å². The Morgan fingerprint density at radius 1 is 1.10 bits per heavy atom. The third-order valence-electron chi connectivity index (χ3n) is 4.36. The number of carbonyl (C=O) groups excluding carboxylic acids is 1. The van der Waals surface area contributed by atoms with Gasteiger partial charge in [0.2, 0.25) is 15.9 Å². The first-order chi connectivity index (χ1) is 13.8. The van der Waals surface area contributed by atoms with E-state index in [-0.39, 0.29) is 29.6 Å². The predicted molar refractivity (Wildman–Crippen MR) is 106 cm³/mol. The number of anilines is 1. The van der Waals surface area contributed by atoms with Crippen molar-refractivity contribution < 1.29 is 27.1 Å². The highest BCUT2D eigenvalue weighted by Crippen LogP contribution is 2.31. The van der Waals surface area contributed by atoms with Crippen LogP contribution in [0, 0.1) is 12.7 Å². The molecule has 156 valence electrons. The molecule has 3 rings (SSSR count). The van der Waals surface area contributed by atoms with Gasteiger partial charge in [-0.1, -0.05) is 0 Å². The van der Waals surface area contributed by atoms with Crippen LogP contribution in [0.4, 0.5) is 10.1 Å². The predicted octanol–water partition coefficient (Wildman–Crippen LogP) is 2.99. The number of benzene rings is 2. The lowest BCUT2D eigenvalue weighted by Gasteiger charge is -2.11. The lowest BCUT2D eigenvalue weighted by Crippen LogP contribution is -2.26. The van der Waals surface area contributed by atoms with Gasteiger partial charge in [-0.15, -0.1) is 0 Å². The molecule has 7 nitrogen and oxygen atoms in total. The minimum absolute atomic E-state index is 0.0770. The molecule has 1 heterocycles. The van der Waals surface area contributed by atoms with Crippen molar-refractivity contribution in [3.8, 4) is 11.5 Å². The molecule has 1 aliphatic rings. The molecule has 2 N–H and O–H groups in total. The number of aryl methyl sites for hydroxylation is 1. The lowest BCUT2D eigenvalue weighted by atomic mass is 10.2. The van der Waals surface area contributed by atoms with Gasteiger partial charge in [-0.2, -0.15) is 0 Å². The van der Waals surface area contributed by atoms with E-state index in [0.717, 1.165) is 6.42 Å². The largest absolute Gasteiger partial charge is 0.490 e. The van der Waals surface area contributed by atoms with Crippen molar-refractivity contribution >= 4 is 21.6 Å². The van der Waals surface area contributed by atoms with Crippen molar-refractivity contribution in [2.24, 2.45) is 0 Å². The first-order valence-corrected chi connectivity index (χ1v) is 10.8. The van der Waals surface area contributed by atoms with E-state index in [1.807, 2.05) is 0 Å². The Labute approximate surface area is 169 Å². The fourth-order valence-electron chi connectivity index (χ4n) is 2.83. The minimum Gasteiger partial charge on any atom is -0.490 e. The number of hydrogen-bond acceptors (Lipinski definition) is 5. The highest BCUT2D eigenvalue weighted by Gasteiger charge is 2.18. The Bertz CT molecular complexity index is 994. The van der Waals surface area contributed by atoms with Gasteiger partial charge in [-0.25, -0.2) is 17.5 Å². The fourth-order valence-corrected chi connectivity index (χ4v) is 3.92. The number of hydrogen-bond donors (Lipinski definition) is 2. The molecule has 0 saturated heterocycles. The Morgan fingerprint density at radius 2 is 1.86 bits per heavy atom. The smallest absolute Gasteiger partial charge is 0.240 e. The molecule has 0 aromatic heterocycles. The first kappa shape index (κ1) is 21.1. The average Bonchev–Trinajstić information content (AvgIpc) is 2.92. The summed E-state index contributed by atoms with van der Waals surface area (Å²) in [6, 6.07) is 8.57. The molecule has 29 heavy (non-hydrogen) atoms. The summed E-state index contributed by atoms with van der Waals surface area (Å²) in [6.07, 6.45) is 1.17. The van der Waals surface area contributed by atoms with Crippen molar-refractivity contribution in [3.63, 3.8) is 0 Å². The lowest BCUT2D eigenvalue weighted by molar-refractivity contribution is -0.116. The van der Waals surface area contributed by atoms with Gasteiger partial charge < -0.3 is 14.8 Å². The molecule has 2 aromatic carbocycles. The van der Waals surface area contributed by atoms with E-state index < -0.39 is 10.0 Å². The van der Waals surface area contributed by atoms with Crippen LogP contribution in [0.3, 0.4) is 0 Å². The number of amides is 1. The topological polar surface area (TPSA) is 93.7 Å². The summed E-state index contributed by atoms with van der Waals surface area (Å²) in [5, 5.41) is 2.69. The van der Waals surface area contributed by atoms with Crippen LogP contribution in [0.15, 0.2) is 41.3 Å². The molecule has 9 heteroatoms. The maximum absolute atomic E-state index is 13.1. The van der Waals surface area contributed by atoms with E-state index in [1.54, 1.807) is 13.0 Å². The number of fused-ring (bicyclic) bond motifs is 1. The quantitative estimate of drug-likeness (QED) is 0.669. The zero-order valence-electron chi connectivity index (χ0n) is 16.0. The van der Waals surface area contributed by atoms with Crippen LogP contribution in [0.25, 0.3) is 0 Å². The number of sulfonamides is 1. The van der Waals surface area contributed by atoms with Gasteiger partial charge in [0.15, 0.2) is 11.5 Å². The van der Waals surface area contributed by atoms with Gasteiger partial charge in [0.25, 0.3) is 0 Å². The van der Waals surface area contributed by atoms with E-state index >= 15 is 0 Å². The molecule has 0 fully saturated rings. The molecule has 1 aliphatic heterocycles. The summed E-state index contributed by atoms with van der Waals surface area (Å²) < 4.78 is 51.6. The molecule has 0 atom stereocenters. The molecule has 0 saturated carbocycles. The molecule has 0 bridgehead atoms. The molecule has 0 aliphatic carbocycles. The molecular formula is C20H23FN2O5S. The minimum atomic E-state index is -3.73. The van der Waals surface area contributed by atoms with Crippen molar-refractivity contribution in [1.29, 1.82) is 0 Å². The van der Waals surface area contributed by atoms with E-state index in [9.17, 15) is 17.6 Å². The molecule has 1 amide bonds. The second-order valence-electron chi connectivity index (χ2n) is 6.67. The normalized spacial score (nSPS) is 13.6. The number of nitrogens with one attached hydrogen (secondary N) is 2. The van der Waals surface area contributed by atoms with Crippen LogP contribution in [-0.4, -0.2) is 34.1 Å². The summed E-state index contributed by atoms with van der Waals surface area (Å²) in [4.78, 5) is 12.1. The van der Waals surface area contributed by atoms with Gasteiger partial charge in [-0.3, -0.25) is 4.79 Å². The van der Waals surface area contributed by atoms with Crippen molar-refractivity contribution in [1.82, 2.24) is 4.72 Å². The second kappa shape index (κ2) is 9.23. The van der Waals surface area contributed by atoms with Gasteiger partial charge >= 0.3 is 0 Å². The second-order valence-corrected chi connectivity index (χ2v) is 8.43. The molecule has 2 aromatic rings. The third kappa shape index (κ3) is 5.68. The van der Waals surface area contributed by atoms with E-state index in [1.165, 1.54) is 30.3 Å². The Kier molecular flexibility index (Phi) is 6.71. The molecule has 0 unspecified atom stereocenters. The average molecular weight is 422 g/mol. The third-order valence-corrected chi connectivity index (χ3v) is 5.82. The summed E-state index contributed by atoms with van der Waals surface area (Å²) >= 11 is 0. The monoisotopic (exact) mass is 422 g/mol. The summed E-state index contributed by atoms with van der Waals surface area (Å²) in [7, 11) is -3.73. The Morgan fingerprint density at radius 3 is 2.62 bits per heavy atom. The van der Waals surface area contributed by atoms with E-state index in [0.29, 0.717) is 42.4 Å². The van der Waals surface area contributed by atoms with Crippen LogP contribution in [0.2, 0.25) is 0 Å². The van der Waals surface area contributed by atoms with E-state index in [2.05, 4.69) is 10.0 Å². The van der Waals surface area contributed by atoms with Crippen LogP contribution in [0.5, 0.6) is 11.5 Å². The highest BCUT2D eigenvalue weighted by molar-refractivity contribution is 7.89. The van der Waals surface area contributed by atoms with Gasteiger partial charge in [-0.05, 0) is 49.2 Å². The zero-order chi connectivity index (χ0) is 20.9. The number of carbonyl (C=O) groups is 1. The standard InChI is InChI=1S/C20H23FN2O5S/c1-14-12-15(21)5-7-17(14)23-20(24)4-2-9-22-29(25,26)16-6-8-18-19(13-16)28-11-3-10-27-18/h5-8,12-13,22H,2-4,9-11H2,1H3,(H,23,24). The first-order valence-electron chi connectivity index (χ1n) is 9.30. The fraction of sp³-hybridized carbons (Fsp3) is 0.350. The number of rotatable bonds is 7. The Balaban J connectivity index is 1.50. The van der Waals surface area contributed by atoms with Crippen molar-refractivity contribution in [2.75, 3.05) is 25.1 Å². The summed E-state index contributed by atoms with van der Waals surface area (Å²) in [5.41, 5.74) is 1.15. The molecular weight excluding hydrogens is 399 g/mol. The SMILES string of the molecule is Cc1cc(F)ccc1NC(=O)CCCNS(=O)(=O)c1ccc2c(c1)OCCCO2. The summed E-state index contributed by atoms with van der Waals surface area (Å²) in [5.74, 6) is 0.285. The van der Waals surface area contributed by atoms with Crippen LogP contribution >= 0.6 is 0 Å². The van der Waals surface area contributed by atoms with Gasteiger partial charge in [0.05, 0.1) is 18.1 Å². The van der Waals surface area contributed by atoms with Gasteiger partial charge in [0.1, 0.15) is 5.82 Å². The Hall–Kier alpha value is -2.65. The van der Waals surface area contributed by atoms with Crippen molar-refractivity contribution in [2.45, 2.75) is 31.1 Å². The van der Waals surface area contributed by atoms with Crippen LogP contribution in [0.1, 0.15) is 24.8 Å². The maximum atomic E-state index is 13.1. The maximum Gasteiger partial charge on any atom is 0.240 e. The van der Waals surface area contributed by atoms with Crippen LogP contribution in [-0.2, 0) is 14.8 Å². The van der Waals surface area contributed by atoms with Gasteiger partial charge in [0, 0.05) is 31.1 Å². The van der Waals surface area contributed by atoms with Crippen LogP contribution < -0.4 is 19.5 Å². The zero-order valence-corrected chi connectivity index (χ0v) is 16.9. The molecule has 0 radical (unpaired) electrons. The number of halogens is 1. The van der Waals surface area contributed by atoms with E-state index in [4.69, 9.17) is 9.47 Å². The summed E-state index contributed by atoms with van der Waals surface area (Å²) in [6.45, 7) is 2.79. The number of ether oxygens (including phenoxy) is 2. The highest BCUT2D eigenvalue weighted by atomic mass is 32.2.